The van der Waals surface area contributed by atoms with Crippen molar-refractivity contribution in [2.24, 2.45) is 0 Å². The van der Waals surface area contributed by atoms with E-state index in [2.05, 4.69) is 5.10 Å². The normalized spacial score (nSPS) is 13.5. The molecule has 1 aromatic heterocycles. The van der Waals surface area contributed by atoms with E-state index >= 15 is 0 Å². The molecule has 0 radical (unpaired) electrons. The van der Waals surface area contributed by atoms with Gasteiger partial charge in [-0.3, -0.25) is 9.48 Å². The van der Waals surface area contributed by atoms with Gasteiger partial charge in [-0.15, -0.1) is 0 Å². The van der Waals surface area contributed by atoms with E-state index < -0.39 is 0 Å². The standard InChI is InChI=1S/C21H20ClN3O3/c22-18-4-1-3-15(12-18)16-11-17-14-24(9-10-28-21(17)19(26)13-16)20(27)5-8-25-7-2-6-23-25/h1-4,6-7,11-13,26H,5,8-10,14H2. The van der Waals surface area contributed by atoms with Crippen LogP contribution in [0.5, 0.6) is 11.5 Å². The summed E-state index contributed by atoms with van der Waals surface area (Å²) in [6, 6.07) is 12.9. The number of amides is 1. The van der Waals surface area contributed by atoms with Crippen LogP contribution in [-0.2, 0) is 17.9 Å². The van der Waals surface area contributed by atoms with Crippen molar-refractivity contribution in [1.82, 2.24) is 14.7 Å². The third kappa shape index (κ3) is 3.97. The van der Waals surface area contributed by atoms with Gasteiger partial charge in [-0.05, 0) is 41.5 Å². The maximum Gasteiger partial charge on any atom is 0.224 e. The summed E-state index contributed by atoms with van der Waals surface area (Å²) in [5.41, 5.74) is 2.50. The lowest BCUT2D eigenvalue weighted by atomic mass is 10.0. The highest BCUT2D eigenvalue weighted by Crippen LogP contribution is 2.38. The SMILES string of the molecule is O=C(CCn1cccn1)N1CCOc2c(O)cc(-c3cccc(Cl)c3)cc2C1. The molecule has 2 heterocycles. The van der Waals surface area contributed by atoms with Crippen LogP contribution in [0.25, 0.3) is 11.1 Å². The number of rotatable bonds is 4. The van der Waals surface area contributed by atoms with E-state index in [4.69, 9.17) is 16.3 Å². The lowest BCUT2D eigenvalue weighted by molar-refractivity contribution is -0.132. The molecule has 4 rings (SSSR count). The number of phenols is 1. The second kappa shape index (κ2) is 7.94. The minimum atomic E-state index is 0.0274. The molecule has 3 aromatic rings. The van der Waals surface area contributed by atoms with Gasteiger partial charge in [-0.2, -0.15) is 5.10 Å². The molecule has 144 valence electrons. The van der Waals surface area contributed by atoms with Gasteiger partial charge in [0.05, 0.1) is 6.54 Å². The zero-order chi connectivity index (χ0) is 19.5. The molecule has 0 bridgehead atoms. The quantitative estimate of drug-likeness (QED) is 0.728. The van der Waals surface area contributed by atoms with Gasteiger partial charge < -0.3 is 14.7 Å². The van der Waals surface area contributed by atoms with E-state index in [0.717, 1.165) is 16.7 Å². The fraction of sp³-hybridized carbons (Fsp3) is 0.238. The van der Waals surface area contributed by atoms with Crippen LogP contribution in [0.3, 0.4) is 0 Å². The summed E-state index contributed by atoms with van der Waals surface area (Å²) in [6.45, 7) is 1.72. The van der Waals surface area contributed by atoms with Crippen LogP contribution in [0.2, 0.25) is 5.02 Å². The Bertz CT molecular complexity index is 989. The molecule has 0 fully saturated rings. The molecule has 28 heavy (non-hydrogen) atoms. The van der Waals surface area contributed by atoms with E-state index in [9.17, 15) is 9.90 Å². The van der Waals surface area contributed by atoms with E-state index in [1.807, 2.05) is 36.5 Å². The van der Waals surface area contributed by atoms with Crippen molar-refractivity contribution in [3.8, 4) is 22.6 Å². The Morgan fingerprint density at radius 2 is 2.11 bits per heavy atom. The largest absolute Gasteiger partial charge is 0.504 e. The first kappa shape index (κ1) is 18.4. The molecule has 0 spiro atoms. The summed E-state index contributed by atoms with van der Waals surface area (Å²) in [6.07, 6.45) is 3.89. The highest BCUT2D eigenvalue weighted by atomic mass is 35.5. The Hall–Kier alpha value is -2.99. The topological polar surface area (TPSA) is 67.6 Å². The number of aromatic nitrogens is 2. The first-order valence-electron chi connectivity index (χ1n) is 9.10. The molecule has 1 aliphatic heterocycles. The third-order valence-corrected chi connectivity index (χ3v) is 4.97. The second-order valence-corrected chi connectivity index (χ2v) is 7.11. The van der Waals surface area contributed by atoms with Crippen molar-refractivity contribution in [1.29, 1.82) is 0 Å². The predicted octanol–water partition coefficient (Wildman–Crippen LogP) is 3.72. The number of aryl methyl sites for hydroxylation is 1. The van der Waals surface area contributed by atoms with E-state index in [1.54, 1.807) is 27.9 Å². The molecule has 2 aromatic carbocycles. The second-order valence-electron chi connectivity index (χ2n) is 6.68. The minimum Gasteiger partial charge on any atom is -0.504 e. The maximum absolute atomic E-state index is 12.7. The number of hydrogen-bond donors (Lipinski definition) is 1. The summed E-state index contributed by atoms with van der Waals surface area (Å²) in [7, 11) is 0. The van der Waals surface area contributed by atoms with Crippen LogP contribution < -0.4 is 4.74 Å². The summed E-state index contributed by atoms with van der Waals surface area (Å²) < 4.78 is 7.48. The Balaban J connectivity index is 1.56. The highest BCUT2D eigenvalue weighted by molar-refractivity contribution is 6.30. The Kier molecular flexibility index (Phi) is 5.21. The van der Waals surface area contributed by atoms with Gasteiger partial charge >= 0.3 is 0 Å². The number of ether oxygens (including phenoxy) is 1. The number of phenolic OH excluding ortho intramolecular Hbond substituents is 1. The van der Waals surface area contributed by atoms with E-state index in [0.29, 0.717) is 43.4 Å². The lowest BCUT2D eigenvalue weighted by Crippen LogP contribution is -2.33. The molecule has 0 saturated carbocycles. The zero-order valence-electron chi connectivity index (χ0n) is 15.2. The van der Waals surface area contributed by atoms with Gasteiger partial charge in [-0.1, -0.05) is 23.7 Å². The van der Waals surface area contributed by atoms with Gasteiger partial charge in [0.25, 0.3) is 0 Å². The van der Waals surface area contributed by atoms with Crippen molar-refractivity contribution in [2.75, 3.05) is 13.2 Å². The smallest absolute Gasteiger partial charge is 0.224 e. The predicted molar refractivity (Wildman–Crippen MR) is 106 cm³/mol. The fourth-order valence-electron chi connectivity index (χ4n) is 3.35. The number of nitrogens with zero attached hydrogens (tertiary/aromatic N) is 3. The number of benzene rings is 2. The zero-order valence-corrected chi connectivity index (χ0v) is 16.0. The fourth-order valence-corrected chi connectivity index (χ4v) is 3.54. The van der Waals surface area contributed by atoms with Crippen molar-refractivity contribution >= 4 is 17.5 Å². The van der Waals surface area contributed by atoms with Crippen LogP contribution in [0.15, 0.2) is 54.9 Å². The molecule has 0 atom stereocenters. The van der Waals surface area contributed by atoms with Gasteiger partial charge in [0.15, 0.2) is 11.5 Å². The number of fused-ring (bicyclic) bond motifs is 1. The molecule has 6 nitrogen and oxygen atoms in total. The Labute approximate surface area is 167 Å². The van der Waals surface area contributed by atoms with E-state index in [1.165, 1.54) is 0 Å². The highest BCUT2D eigenvalue weighted by Gasteiger charge is 2.23. The van der Waals surface area contributed by atoms with Gasteiger partial charge in [0, 0.05) is 42.5 Å². The molecule has 0 saturated heterocycles. The summed E-state index contributed by atoms with van der Waals surface area (Å²) in [5.74, 6) is 0.533. The first-order valence-corrected chi connectivity index (χ1v) is 9.48. The van der Waals surface area contributed by atoms with Crippen LogP contribution in [-0.4, -0.2) is 38.8 Å². The van der Waals surface area contributed by atoms with Crippen LogP contribution in [0.4, 0.5) is 0 Å². The van der Waals surface area contributed by atoms with Gasteiger partial charge in [-0.25, -0.2) is 0 Å². The number of hydrogen-bond acceptors (Lipinski definition) is 4. The van der Waals surface area contributed by atoms with Crippen molar-refractivity contribution < 1.29 is 14.6 Å². The Morgan fingerprint density at radius 3 is 2.89 bits per heavy atom. The average molecular weight is 398 g/mol. The van der Waals surface area contributed by atoms with Gasteiger partial charge in [0.1, 0.15) is 6.61 Å². The van der Waals surface area contributed by atoms with Crippen molar-refractivity contribution in [3.05, 3.63) is 65.4 Å². The Morgan fingerprint density at radius 1 is 1.21 bits per heavy atom. The molecule has 0 unspecified atom stereocenters. The van der Waals surface area contributed by atoms with Gasteiger partial charge in [0.2, 0.25) is 5.91 Å². The lowest BCUT2D eigenvalue weighted by Gasteiger charge is -2.20. The molecular formula is C21H20ClN3O3. The van der Waals surface area contributed by atoms with E-state index in [-0.39, 0.29) is 11.7 Å². The first-order chi connectivity index (χ1) is 13.6. The molecule has 1 amide bonds. The van der Waals surface area contributed by atoms with Crippen LogP contribution in [0.1, 0.15) is 12.0 Å². The number of carbonyl (C=O) groups is 1. The van der Waals surface area contributed by atoms with Crippen LogP contribution >= 0.6 is 11.6 Å². The van der Waals surface area contributed by atoms with Crippen molar-refractivity contribution in [2.45, 2.75) is 19.5 Å². The number of carbonyl (C=O) groups excluding carboxylic acids is 1. The van der Waals surface area contributed by atoms with Crippen molar-refractivity contribution in [3.63, 3.8) is 0 Å². The average Bonchev–Trinajstić information content (AvgIpc) is 3.11. The number of halogens is 1. The molecule has 7 heteroatoms. The molecule has 1 N–H and O–H groups in total. The van der Waals surface area contributed by atoms with Crippen LogP contribution in [0, 0.1) is 0 Å². The third-order valence-electron chi connectivity index (χ3n) is 4.74. The minimum absolute atomic E-state index is 0.0274. The number of aromatic hydroxyl groups is 1. The summed E-state index contributed by atoms with van der Waals surface area (Å²) in [4.78, 5) is 14.5. The molecule has 1 aliphatic rings. The monoisotopic (exact) mass is 397 g/mol. The molecule has 0 aliphatic carbocycles. The maximum atomic E-state index is 12.7. The summed E-state index contributed by atoms with van der Waals surface area (Å²) >= 11 is 6.10. The summed E-state index contributed by atoms with van der Waals surface area (Å²) in [5, 5.41) is 15.2. The molecular weight excluding hydrogens is 378 g/mol.